The zero-order valence-corrected chi connectivity index (χ0v) is 10.5. The number of rotatable bonds is 2. The largest absolute Gasteiger partial charge is 0.388 e. The molecule has 1 N–H and O–H groups in total. The third-order valence-electron chi connectivity index (χ3n) is 4.09. The van der Waals surface area contributed by atoms with Gasteiger partial charge in [0.15, 0.2) is 0 Å². The van der Waals surface area contributed by atoms with Crippen LogP contribution >= 0.6 is 0 Å². The number of nitrogens with one attached hydrogen (secondary N) is 1. The Bertz CT molecular complexity index is 391. The third kappa shape index (κ3) is 2.12. The van der Waals surface area contributed by atoms with Crippen LogP contribution in [0.4, 0.5) is 11.4 Å². The highest BCUT2D eigenvalue weighted by molar-refractivity contribution is 5.58. The topological polar surface area (TPSA) is 18.5 Å². The summed E-state index contributed by atoms with van der Waals surface area (Å²) in [6.45, 7) is 4.92. The van der Waals surface area contributed by atoms with Crippen LogP contribution in [0.15, 0.2) is 24.3 Å². The van der Waals surface area contributed by atoms with Crippen molar-refractivity contribution in [3.8, 4) is 0 Å². The number of nitrogens with zero attached hydrogens (tertiary/aromatic N) is 2. The zero-order valence-electron chi connectivity index (χ0n) is 10.5. The Hall–Kier alpha value is -1.22. The molecule has 1 aromatic rings. The molecule has 2 saturated heterocycles. The van der Waals surface area contributed by atoms with Crippen molar-refractivity contribution < 1.29 is 0 Å². The minimum Gasteiger partial charge on any atom is -0.388 e. The van der Waals surface area contributed by atoms with Gasteiger partial charge in [0, 0.05) is 44.1 Å². The summed E-state index contributed by atoms with van der Waals surface area (Å²) < 4.78 is 0. The van der Waals surface area contributed by atoms with Crippen molar-refractivity contribution in [3.63, 3.8) is 0 Å². The molecule has 2 heterocycles. The number of hydrogen-bond acceptors (Lipinski definition) is 3. The van der Waals surface area contributed by atoms with Gasteiger partial charge in [-0.1, -0.05) is 6.07 Å². The lowest BCUT2D eigenvalue weighted by atomic mass is 10.1. The van der Waals surface area contributed by atoms with Gasteiger partial charge in [-0.15, -0.1) is 0 Å². The fourth-order valence-corrected chi connectivity index (χ4v) is 3.08. The Kier molecular flexibility index (Phi) is 2.93. The Balaban J connectivity index is 1.75. The van der Waals surface area contributed by atoms with E-state index in [1.165, 1.54) is 50.4 Å². The summed E-state index contributed by atoms with van der Waals surface area (Å²) in [5.41, 5.74) is 2.57. The quantitative estimate of drug-likeness (QED) is 0.840. The summed E-state index contributed by atoms with van der Waals surface area (Å²) in [6.07, 6.45) is 2.76. The highest BCUT2D eigenvalue weighted by Crippen LogP contribution is 2.26. The average Bonchev–Trinajstić information content (AvgIpc) is 2.86. The molecule has 1 unspecified atom stereocenters. The molecular formula is C14H21N3. The van der Waals surface area contributed by atoms with Gasteiger partial charge in [-0.3, -0.25) is 4.90 Å². The van der Waals surface area contributed by atoms with E-state index in [1.807, 2.05) is 7.05 Å². The van der Waals surface area contributed by atoms with Gasteiger partial charge < -0.3 is 10.2 Å². The van der Waals surface area contributed by atoms with Crippen LogP contribution < -0.4 is 10.2 Å². The summed E-state index contributed by atoms with van der Waals surface area (Å²) in [4.78, 5) is 5.19. The molecule has 17 heavy (non-hydrogen) atoms. The van der Waals surface area contributed by atoms with Crippen LogP contribution in [0.25, 0.3) is 0 Å². The molecule has 0 bridgehead atoms. The van der Waals surface area contributed by atoms with Crippen LogP contribution in [0.2, 0.25) is 0 Å². The monoisotopic (exact) mass is 231 g/mol. The van der Waals surface area contributed by atoms with E-state index in [9.17, 15) is 0 Å². The number of hydrogen-bond donors (Lipinski definition) is 1. The van der Waals surface area contributed by atoms with E-state index < -0.39 is 0 Å². The van der Waals surface area contributed by atoms with Crippen LogP contribution in [0, 0.1) is 0 Å². The molecule has 2 aliphatic heterocycles. The SMILES string of the molecule is CNc1cccc(N2CCN3CCCC3C2)c1. The first-order chi connectivity index (χ1) is 8.36. The maximum absolute atomic E-state index is 3.22. The third-order valence-corrected chi connectivity index (χ3v) is 4.09. The number of fused-ring (bicyclic) bond motifs is 1. The Morgan fingerprint density at radius 2 is 2.18 bits per heavy atom. The predicted molar refractivity (Wildman–Crippen MR) is 72.8 cm³/mol. The van der Waals surface area contributed by atoms with Gasteiger partial charge in [0.1, 0.15) is 0 Å². The van der Waals surface area contributed by atoms with Gasteiger partial charge in [-0.25, -0.2) is 0 Å². The standard InChI is InChI=1S/C14H21N3/c1-15-12-4-2-5-13(10-12)17-9-8-16-7-3-6-14(16)11-17/h2,4-5,10,14-15H,3,6-9,11H2,1H3. The smallest absolute Gasteiger partial charge is 0.0387 e. The van der Waals surface area contributed by atoms with Gasteiger partial charge in [-0.05, 0) is 37.6 Å². The Labute approximate surface area is 103 Å². The van der Waals surface area contributed by atoms with Crippen molar-refractivity contribution in [1.82, 2.24) is 4.90 Å². The minimum absolute atomic E-state index is 0.794. The van der Waals surface area contributed by atoms with E-state index in [0.717, 1.165) is 6.04 Å². The predicted octanol–water partition coefficient (Wildman–Crippen LogP) is 2.01. The molecule has 0 radical (unpaired) electrons. The van der Waals surface area contributed by atoms with Crippen LogP contribution in [0.5, 0.6) is 0 Å². The molecule has 3 rings (SSSR count). The first kappa shape index (κ1) is 10.9. The van der Waals surface area contributed by atoms with Crippen molar-refractivity contribution in [3.05, 3.63) is 24.3 Å². The first-order valence-corrected chi connectivity index (χ1v) is 6.63. The molecule has 0 saturated carbocycles. The maximum Gasteiger partial charge on any atom is 0.0387 e. The fraction of sp³-hybridized carbons (Fsp3) is 0.571. The van der Waals surface area contributed by atoms with Gasteiger partial charge in [0.25, 0.3) is 0 Å². The summed E-state index contributed by atoms with van der Waals surface area (Å²) in [5.74, 6) is 0. The number of benzene rings is 1. The molecule has 92 valence electrons. The second-order valence-electron chi connectivity index (χ2n) is 5.08. The van der Waals surface area contributed by atoms with Crippen molar-refractivity contribution in [2.75, 3.05) is 43.4 Å². The van der Waals surface area contributed by atoms with Crippen LogP contribution in [0.3, 0.4) is 0 Å². The molecule has 0 aliphatic carbocycles. The fourth-order valence-electron chi connectivity index (χ4n) is 3.08. The summed E-state index contributed by atoms with van der Waals surface area (Å²) >= 11 is 0. The van der Waals surface area contributed by atoms with Gasteiger partial charge in [0.05, 0.1) is 0 Å². The van der Waals surface area contributed by atoms with E-state index in [4.69, 9.17) is 0 Å². The summed E-state index contributed by atoms with van der Waals surface area (Å²) in [5, 5.41) is 3.22. The number of piperazine rings is 1. The second kappa shape index (κ2) is 4.57. The molecule has 3 heteroatoms. The molecule has 3 nitrogen and oxygen atoms in total. The maximum atomic E-state index is 3.22. The first-order valence-electron chi connectivity index (χ1n) is 6.63. The van der Waals surface area contributed by atoms with Crippen molar-refractivity contribution >= 4 is 11.4 Å². The molecule has 0 spiro atoms. The second-order valence-corrected chi connectivity index (χ2v) is 5.08. The molecule has 2 aliphatic rings. The molecule has 2 fully saturated rings. The van der Waals surface area contributed by atoms with Crippen LogP contribution in [-0.2, 0) is 0 Å². The Morgan fingerprint density at radius 1 is 1.24 bits per heavy atom. The zero-order chi connectivity index (χ0) is 11.7. The van der Waals surface area contributed by atoms with Crippen molar-refractivity contribution in [2.24, 2.45) is 0 Å². The van der Waals surface area contributed by atoms with Crippen molar-refractivity contribution in [2.45, 2.75) is 18.9 Å². The van der Waals surface area contributed by atoms with E-state index in [2.05, 4.69) is 39.4 Å². The molecular weight excluding hydrogens is 210 g/mol. The molecule has 1 aromatic carbocycles. The normalized spacial score (nSPS) is 24.8. The average molecular weight is 231 g/mol. The van der Waals surface area contributed by atoms with E-state index in [1.54, 1.807) is 0 Å². The Morgan fingerprint density at radius 3 is 3.06 bits per heavy atom. The molecule has 1 atom stereocenters. The lowest BCUT2D eigenvalue weighted by molar-refractivity contribution is 0.231. The lowest BCUT2D eigenvalue weighted by Crippen LogP contribution is -2.50. The van der Waals surface area contributed by atoms with Crippen LogP contribution in [0.1, 0.15) is 12.8 Å². The van der Waals surface area contributed by atoms with Gasteiger partial charge in [-0.2, -0.15) is 0 Å². The molecule has 0 aromatic heterocycles. The highest BCUT2D eigenvalue weighted by Gasteiger charge is 2.30. The van der Waals surface area contributed by atoms with Gasteiger partial charge >= 0.3 is 0 Å². The summed E-state index contributed by atoms with van der Waals surface area (Å²) in [7, 11) is 1.98. The van der Waals surface area contributed by atoms with E-state index >= 15 is 0 Å². The highest BCUT2D eigenvalue weighted by atomic mass is 15.3. The lowest BCUT2D eigenvalue weighted by Gasteiger charge is -2.39. The minimum atomic E-state index is 0.794. The van der Waals surface area contributed by atoms with Crippen LogP contribution in [-0.4, -0.2) is 44.2 Å². The van der Waals surface area contributed by atoms with E-state index in [-0.39, 0.29) is 0 Å². The molecule has 0 amide bonds. The van der Waals surface area contributed by atoms with Crippen molar-refractivity contribution in [1.29, 1.82) is 0 Å². The number of anilines is 2. The van der Waals surface area contributed by atoms with Gasteiger partial charge in [0.2, 0.25) is 0 Å². The van der Waals surface area contributed by atoms with E-state index in [0.29, 0.717) is 0 Å². The summed E-state index contributed by atoms with van der Waals surface area (Å²) in [6, 6.07) is 9.54.